The van der Waals surface area contributed by atoms with Gasteiger partial charge < -0.3 is 0 Å². The van der Waals surface area contributed by atoms with Gasteiger partial charge in [0.15, 0.2) is 0 Å². The third kappa shape index (κ3) is 7.60. The van der Waals surface area contributed by atoms with Crippen LogP contribution < -0.4 is 0 Å². The molecule has 0 aliphatic carbocycles. The van der Waals surface area contributed by atoms with E-state index in [4.69, 9.17) is 0 Å². The minimum absolute atomic E-state index is 0. The van der Waals surface area contributed by atoms with Crippen molar-refractivity contribution in [3.8, 4) is 0 Å². The van der Waals surface area contributed by atoms with Gasteiger partial charge in [-0.1, -0.05) is 26.7 Å². The Balaban J connectivity index is 0. The maximum absolute atomic E-state index is 11.2. The summed E-state index contributed by atoms with van der Waals surface area (Å²) < 4.78 is 53.4. The van der Waals surface area contributed by atoms with Crippen molar-refractivity contribution in [1.29, 1.82) is 0 Å². The van der Waals surface area contributed by atoms with Crippen LogP contribution in [0.2, 0.25) is 0 Å². The molecule has 0 unspecified atom stereocenters. The van der Waals surface area contributed by atoms with Crippen LogP contribution in [0.3, 0.4) is 0 Å². The fourth-order valence-corrected chi connectivity index (χ4v) is 2.72. The summed E-state index contributed by atoms with van der Waals surface area (Å²) in [6.07, 6.45) is 2.38. The molecule has 0 aromatic rings. The van der Waals surface area contributed by atoms with Crippen molar-refractivity contribution in [2.24, 2.45) is 0 Å². The van der Waals surface area contributed by atoms with E-state index in [-0.39, 0.29) is 37.1 Å². The van der Waals surface area contributed by atoms with Gasteiger partial charge in [-0.15, -0.1) is 0 Å². The van der Waals surface area contributed by atoms with Crippen LogP contribution >= 0.6 is 0 Å². The van der Waals surface area contributed by atoms with Gasteiger partial charge in [-0.05, 0) is 12.8 Å². The quantitative estimate of drug-likeness (QED) is 0.328. The topological polar surface area (TPSA) is 86.7 Å². The number of hydrogen-bond donors (Lipinski definition) is 0. The second-order valence-corrected chi connectivity index (χ2v) is 7.72. The van der Waals surface area contributed by atoms with Crippen molar-refractivity contribution in [2.75, 3.05) is 13.2 Å². The van der Waals surface area contributed by atoms with E-state index in [0.717, 1.165) is 0 Å². The fraction of sp³-hybridized carbons (Fsp3) is 1.00. The average molecular weight is 393 g/mol. The molecule has 17 heavy (non-hydrogen) atoms. The van der Waals surface area contributed by atoms with Crippen molar-refractivity contribution >= 4 is 42.2 Å². The summed E-state index contributed by atoms with van der Waals surface area (Å²) in [6, 6.07) is 0. The molecule has 9 heteroatoms. The molecule has 6 nitrogen and oxygen atoms in total. The molecule has 0 saturated carbocycles. The van der Waals surface area contributed by atoms with E-state index in [2.05, 4.69) is 8.37 Å². The SMILES string of the molecule is CCCCOS(=O)(=O)S(=O)(=O)OCCCC.[Sn]. The summed E-state index contributed by atoms with van der Waals surface area (Å²) in [7, 11) is -9.33. The van der Waals surface area contributed by atoms with E-state index in [1.165, 1.54) is 0 Å². The molecule has 0 saturated heterocycles. The molecule has 0 atom stereocenters. The molecule has 0 aromatic carbocycles. The third-order valence-corrected chi connectivity index (χ3v) is 5.19. The molecule has 102 valence electrons. The van der Waals surface area contributed by atoms with E-state index >= 15 is 0 Å². The van der Waals surface area contributed by atoms with Gasteiger partial charge in [-0.3, -0.25) is 8.37 Å². The first kappa shape index (κ1) is 19.9. The second-order valence-electron chi connectivity index (χ2n) is 3.17. The largest absolute Gasteiger partial charge is 0.400 e. The van der Waals surface area contributed by atoms with E-state index < -0.39 is 18.3 Å². The maximum atomic E-state index is 11.2. The minimum atomic E-state index is -4.66. The van der Waals surface area contributed by atoms with Crippen molar-refractivity contribution in [3.63, 3.8) is 0 Å². The Kier molecular flexibility index (Phi) is 11.2. The average Bonchev–Trinajstić information content (AvgIpc) is 2.18. The monoisotopic (exact) mass is 394 g/mol. The van der Waals surface area contributed by atoms with E-state index in [0.29, 0.717) is 25.7 Å². The van der Waals surface area contributed by atoms with Gasteiger partial charge in [0.1, 0.15) is 0 Å². The zero-order valence-electron chi connectivity index (χ0n) is 10.0. The van der Waals surface area contributed by atoms with Crippen LogP contribution in [0.5, 0.6) is 0 Å². The van der Waals surface area contributed by atoms with Crippen LogP contribution in [0.15, 0.2) is 0 Å². The van der Waals surface area contributed by atoms with Gasteiger partial charge in [0, 0.05) is 23.9 Å². The van der Waals surface area contributed by atoms with Crippen molar-refractivity contribution in [1.82, 2.24) is 0 Å². The van der Waals surface area contributed by atoms with Gasteiger partial charge >= 0.3 is 18.3 Å². The van der Waals surface area contributed by atoms with Crippen LogP contribution in [0.25, 0.3) is 0 Å². The summed E-state index contributed by atoms with van der Waals surface area (Å²) in [6.45, 7) is 3.38. The molecular weight excluding hydrogens is 375 g/mol. The van der Waals surface area contributed by atoms with Gasteiger partial charge in [0.25, 0.3) is 0 Å². The predicted octanol–water partition coefficient (Wildman–Crippen LogP) is 0.814. The van der Waals surface area contributed by atoms with Crippen molar-refractivity contribution < 1.29 is 25.2 Å². The van der Waals surface area contributed by atoms with E-state index in [1.54, 1.807) is 0 Å². The molecule has 0 amide bonds. The van der Waals surface area contributed by atoms with Crippen LogP contribution in [0.1, 0.15) is 39.5 Å². The molecular formula is C8H18O6S2Sn. The number of hydrogen-bond acceptors (Lipinski definition) is 6. The fourth-order valence-electron chi connectivity index (χ4n) is 0.729. The molecule has 0 heterocycles. The van der Waals surface area contributed by atoms with Gasteiger partial charge in [0.2, 0.25) is 0 Å². The molecule has 0 aromatic heterocycles. The first-order valence-corrected chi connectivity index (χ1v) is 8.49. The van der Waals surface area contributed by atoms with Crippen LogP contribution in [-0.4, -0.2) is 54.0 Å². The summed E-state index contributed by atoms with van der Waals surface area (Å²) in [5.74, 6) is 0. The van der Waals surface area contributed by atoms with Gasteiger partial charge in [0.05, 0.1) is 13.2 Å². The zero-order chi connectivity index (χ0) is 12.7. The van der Waals surface area contributed by atoms with Crippen molar-refractivity contribution in [2.45, 2.75) is 39.5 Å². The number of unbranched alkanes of at least 4 members (excludes halogenated alkanes) is 2. The Labute approximate surface area is 120 Å². The van der Waals surface area contributed by atoms with Gasteiger partial charge in [-0.2, -0.15) is 16.8 Å². The van der Waals surface area contributed by atoms with Gasteiger partial charge in [-0.25, -0.2) is 0 Å². The minimum Gasteiger partial charge on any atom is -0.257 e. The summed E-state index contributed by atoms with van der Waals surface area (Å²) in [5.41, 5.74) is 0. The number of rotatable bonds is 9. The first-order chi connectivity index (χ1) is 7.37. The Morgan fingerprint density at radius 2 is 1.06 bits per heavy atom. The van der Waals surface area contributed by atoms with E-state index in [1.807, 2.05) is 13.8 Å². The molecule has 0 spiro atoms. The van der Waals surface area contributed by atoms with Crippen LogP contribution in [-0.2, 0) is 26.7 Å². The van der Waals surface area contributed by atoms with Crippen LogP contribution in [0, 0.1) is 0 Å². The van der Waals surface area contributed by atoms with E-state index in [9.17, 15) is 16.8 Å². The molecule has 0 aliphatic heterocycles. The maximum Gasteiger partial charge on any atom is 0.400 e. The summed E-state index contributed by atoms with van der Waals surface area (Å²) in [5, 5.41) is 0. The summed E-state index contributed by atoms with van der Waals surface area (Å²) in [4.78, 5) is 0. The molecule has 0 rings (SSSR count). The standard InChI is InChI=1S/C8H18O6S2.Sn/c1-3-5-7-13-15(9,10)16(11,12)14-8-6-4-2;/h3-8H2,1-2H3;. The molecule has 0 N–H and O–H groups in total. The molecule has 0 fully saturated rings. The second kappa shape index (κ2) is 9.54. The molecule has 0 bridgehead atoms. The normalized spacial score (nSPS) is 12.1. The smallest absolute Gasteiger partial charge is 0.257 e. The summed E-state index contributed by atoms with van der Waals surface area (Å²) >= 11 is 0. The first-order valence-electron chi connectivity index (χ1n) is 5.16. The Bertz CT molecular complexity index is 337. The third-order valence-electron chi connectivity index (χ3n) is 1.70. The predicted molar refractivity (Wildman–Crippen MR) is 65.3 cm³/mol. The van der Waals surface area contributed by atoms with Crippen molar-refractivity contribution in [3.05, 3.63) is 0 Å². The zero-order valence-corrected chi connectivity index (χ0v) is 14.5. The van der Waals surface area contributed by atoms with Crippen LogP contribution in [0.4, 0.5) is 0 Å². The Hall–Kier alpha value is 0.619. The Morgan fingerprint density at radius 3 is 1.29 bits per heavy atom. The molecule has 4 radical (unpaired) electrons. The molecule has 0 aliphatic rings. The Morgan fingerprint density at radius 1 is 0.765 bits per heavy atom.